The zero-order valence-electron chi connectivity index (χ0n) is 11.4. The zero-order chi connectivity index (χ0) is 14.9. The van der Waals surface area contributed by atoms with E-state index in [9.17, 15) is 4.79 Å². The first-order valence-electron chi connectivity index (χ1n) is 6.51. The number of rotatable bonds is 4. The number of nitrogens with one attached hydrogen (secondary N) is 1. The summed E-state index contributed by atoms with van der Waals surface area (Å²) in [6, 6.07) is 5.48. The van der Waals surface area contributed by atoms with Crippen LogP contribution in [-0.4, -0.2) is 34.1 Å². The van der Waals surface area contributed by atoms with Crippen LogP contribution in [0.5, 0.6) is 0 Å². The summed E-state index contributed by atoms with van der Waals surface area (Å²) in [7, 11) is 0. The van der Waals surface area contributed by atoms with Crippen molar-refractivity contribution in [1.82, 2.24) is 15.3 Å². The van der Waals surface area contributed by atoms with Gasteiger partial charge in [-0.05, 0) is 30.2 Å². The highest BCUT2D eigenvalue weighted by Crippen LogP contribution is 2.02. The lowest BCUT2D eigenvalue weighted by molar-refractivity contribution is 0.0953. The van der Waals surface area contributed by atoms with Crippen molar-refractivity contribution in [2.24, 2.45) is 0 Å². The van der Waals surface area contributed by atoms with E-state index in [-0.39, 0.29) is 12.5 Å². The summed E-state index contributed by atoms with van der Waals surface area (Å²) in [5.74, 6) is 5.05. The van der Waals surface area contributed by atoms with E-state index in [0.717, 1.165) is 12.0 Å². The highest BCUT2D eigenvalue weighted by molar-refractivity contribution is 5.94. The van der Waals surface area contributed by atoms with Gasteiger partial charge in [0, 0.05) is 36.9 Å². The molecule has 5 nitrogen and oxygen atoms in total. The molecular weight excluding hydrogens is 266 g/mol. The molecule has 0 atom stereocenters. The van der Waals surface area contributed by atoms with E-state index in [1.165, 1.54) is 6.20 Å². The fourth-order valence-corrected chi connectivity index (χ4v) is 1.75. The number of pyridine rings is 2. The summed E-state index contributed by atoms with van der Waals surface area (Å²) < 4.78 is 0. The predicted molar refractivity (Wildman–Crippen MR) is 78.5 cm³/mol. The van der Waals surface area contributed by atoms with Crippen molar-refractivity contribution in [3.63, 3.8) is 0 Å². The van der Waals surface area contributed by atoms with Gasteiger partial charge >= 0.3 is 0 Å². The Balaban J connectivity index is 1.91. The number of aliphatic hydroxyl groups is 1. The molecule has 106 valence electrons. The van der Waals surface area contributed by atoms with Crippen LogP contribution in [-0.2, 0) is 6.42 Å². The molecule has 0 aromatic carbocycles. The molecule has 0 saturated heterocycles. The van der Waals surface area contributed by atoms with Gasteiger partial charge in [-0.15, -0.1) is 0 Å². The molecule has 0 fully saturated rings. The van der Waals surface area contributed by atoms with Crippen molar-refractivity contribution in [3.05, 3.63) is 59.7 Å². The summed E-state index contributed by atoms with van der Waals surface area (Å²) >= 11 is 0. The highest BCUT2D eigenvalue weighted by Gasteiger charge is 2.05. The summed E-state index contributed by atoms with van der Waals surface area (Å²) in [5.41, 5.74) is 2.17. The highest BCUT2D eigenvalue weighted by atomic mass is 16.2. The second-order valence-electron chi connectivity index (χ2n) is 4.28. The smallest absolute Gasteiger partial charge is 0.252 e. The lowest BCUT2D eigenvalue weighted by Crippen LogP contribution is -2.25. The first-order chi connectivity index (χ1) is 10.3. The Hall–Kier alpha value is -2.71. The van der Waals surface area contributed by atoms with Gasteiger partial charge < -0.3 is 10.4 Å². The van der Waals surface area contributed by atoms with Crippen LogP contribution in [0.2, 0.25) is 0 Å². The third-order valence-corrected chi connectivity index (χ3v) is 2.76. The number of carbonyl (C=O) groups excluding carboxylic acids is 1. The van der Waals surface area contributed by atoms with Gasteiger partial charge in [-0.25, -0.2) is 0 Å². The van der Waals surface area contributed by atoms with Gasteiger partial charge in [0.2, 0.25) is 0 Å². The monoisotopic (exact) mass is 281 g/mol. The summed E-state index contributed by atoms with van der Waals surface area (Å²) in [6.07, 6.45) is 7.24. The molecule has 0 aliphatic heterocycles. The standard InChI is InChI=1S/C16H15N3O2/c20-9-1-2-14-10-15(12-18-11-14)16(21)19-8-5-13-3-6-17-7-4-13/h3-4,6-7,10-12,20H,5,8-9H2,(H,19,21). The van der Waals surface area contributed by atoms with E-state index in [0.29, 0.717) is 17.7 Å². The molecule has 5 heteroatoms. The van der Waals surface area contributed by atoms with Gasteiger partial charge in [0.15, 0.2) is 0 Å². The van der Waals surface area contributed by atoms with Gasteiger partial charge in [0.25, 0.3) is 5.91 Å². The number of aromatic nitrogens is 2. The number of aliphatic hydroxyl groups excluding tert-OH is 1. The Morgan fingerprint density at radius 1 is 1.24 bits per heavy atom. The SMILES string of the molecule is O=C(NCCc1ccncc1)c1cncc(C#CCO)c1. The molecule has 2 heterocycles. The lowest BCUT2D eigenvalue weighted by Gasteiger charge is -2.05. The zero-order valence-corrected chi connectivity index (χ0v) is 11.4. The fraction of sp³-hybridized carbons (Fsp3) is 0.188. The van der Waals surface area contributed by atoms with Crippen LogP contribution in [0.15, 0.2) is 43.0 Å². The van der Waals surface area contributed by atoms with E-state index in [4.69, 9.17) is 5.11 Å². The molecule has 0 bridgehead atoms. The van der Waals surface area contributed by atoms with Crippen molar-refractivity contribution in [2.75, 3.05) is 13.2 Å². The Labute approximate surface area is 123 Å². The average Bonchev–Trinajstić information content (AvgIpc) is 2.54. The molecule has 2 aromatic heterocycles. The maximum absolute atomic E-state index is 12.0. The number of nitrogens with zero attached hydrogens (tertiary/aromatic N) is 2. The number of hydrogen-bond donors (Lipinski definition) is 2. The Morgan fingerprint density at radius 3 is 2.81 bits per heavy atom. The van der Waals surface area contributed by atoms with E-state index in [1.54, 1.807) is 24.7 Å². The van der Waals surface area contributed by atoms with Crippen LogP contribution >= 0.6 is 0 Å². The molecule has 0 aliphatic carbocycles. The summed E-state index contributed by atoms with van der Waals surface area (Å²) in [6.45, 7) is 0.317. The molecule has 2 rings (SSSR count). The largest absolute Gasteiger partial charge is 0.384 e. The Morgan fingerprint density at radius 2 is 2.05 bits per heavy atom. The van der Waals surface area contributed by atoms with E-state index < -0.39 is 0 Å². The number of hydrogen-bond acceptors (Lipinski definition) is 4. The number of carbonyl (C=O) groups is 1. The average molecular weight is 281 g/mol. The molecule has 2 aromatic rings. The van der Waals surface area contributed by atoms with Crippen molar-refractivity contribution in [1.29, 1.82) is 0 Å². The lowest BCUT2D eigenvalue weighted by atomic mass is 10.2. The van der Waals surface area contributed by atoms with Crippen LogP contribution in [0.4, 0.5) is 0 Å². The van der Waals surface area contributed by atoms with Crippen LogP contribution in [0, 0.1) is 11.8 Å². The molecule has 0 spiro atoms. The molecule has 21 heavy (non-hydrogen) atoms. The van der Waals surface area contributed by atoms with Gasteiger partial charge in [-0.2, -0.15) is 0 Å². The van der Waals surface area contributed by atoms with Gasteiger partial charge in [0.1, 0.15) is 6.61 Å². The molecule has 0 unspecified atom stereocenters. The Bertz CT molecular complexity index is 660. The second kappa shape index (κ2) is 7.78. The first-order valence-corrected chi connectivity index (χ1v) is 6.51. The van der Waals surface area contributed by atoms with Crippen molar-refractivity contribution in [2.45, 2.75) is 6.42 Å². The quantitative estimate of drug-likeness (QED) is 0.813. The topological polar surface area (TPSA) is 75.1 Å². The van der Waals surface area contributed by atoms with E-state index in [2.05, 4.69) is 27.1 Å². The van der Waals surface area contributed by atoms with Crippen molar-refractivity contribution in [3.8, 4) is 11.8 Å². The minimum atomic E-state index is -0.220. The van der Waals surface area contributed by atoms with Gasteiger partial charge in [-0.1, -0.05) is 11.8 Å². The molecule has 0 saturated carbocycles. The summed E-state index contributed by atoms with van der Waals surface area (Å²) in [5, 5.41) is 11.5. The predicted octanol–water partition coefficient (Wildman–Crippen LogP) is 0.793. The first kappa shape index (κ1) is 14.7. The Kier molecular flexibility index (Phi) is 5.44. The maximum atomic E-state index is 12.0. The van der Waals surface area contributed by atoms with Crippen molar-refractivity contribution >= 4 is 5.91 Å². The van der Waals surface area contributed by atoms with Crippen LogP contribution < -0.4 is 5.32 Å². The van der Waals surface area contributed by atoms with E-state index >= 15 is 0 Å². The van der Waals surface area contributed by atoms with Crippen LogP contribution in [0.3, 0.4) is 0 Å². The van der Waals surface area contributed by atoms with Crippen LogP contribution in [0.25, 0.3) is 0 Å². The molecule has 2 N–H and O–H groups in total. The fourth-order valence-electron chi connectivity index (χ4n) is 1.75. The minimum absolute atomic E-state index is 0.191. The van der Waals surface area contributed by atoms with E-state index in [1.807, 2.05) is 12.1 Å². The molecular formula is C16H15N3O2. The maximum Gasteiger partial charge on any atom is 0.252 e. The van der Waals surface area contributed by atoms with Crippen molar-refractivity contribution < 1.29 is 9.90 Å². The molecule has 1 amide bonds. The third-order valence-electron chi connectivity index (χ3n) is 2.76. The van der Waals surface area contributed by atoms with Gasteiger partial charge in [-0.3, -0.25) is 14.8 Å². The second-order valence-corrected chi connectivity index (χ2v) is 4.28. The summed E-state index contributed by atoms with van der Waals surface area (Å²) in [4.78, 5) is 19.9. The molecule has 0 aliphatic rings. The molecule has 0 radical (unpaired) electrons. The van der Waals surface area contributed by atoms with Gasteiger partial charge in [0.05, 0.1) is 5.56 Å². The minimum Gasteiger partial charge on any atom is -0.384 e. The number of amides is 1. The van der Waals surface area contributed by atoms with Crippen LogP contribution in [0.1, 0.15) is 21.5 Å². The third kappa shape index (κ3) is 4.71. The normalized spacial score (nSPS) is 9.57.